The van der Waals surface area contributed by atoms with Crippen molar-refractivity contribution >= 4 is 39.1 Å². The van der Waals surface area contributed by atoms with E-state index < -0.39 is 0 Å². The Labute approximate surface area is 140 Å². The van der Waals surface area contributed by atoms with Crippen LogP contribution in [0.1, 0.15) is 11.1 Å². The molecule has 2 nitrogen and oxygen atoms in total. The molecule has 2 rings (SSSR count). The van der Waals surface area contributed by atoms with Gasteiger partial charge in [-0.3, -0.25) is 0 Å². The number of benzene rings is 2. The fourth-order valence-corrected chi connectivity index (χ4v) is 2.64. The Morgan fingerprint density at radius 3 is 2.67 bits per heavy atom. The van der Waals surface area contributed by atoms with E-state index >= 15 is 0 Å². The van der Waals surface area contributed by atoms with Crippen LogP contribution < -0.4 is 9.47 Å². The molecule has 0 heterocycles. The van der Waals surface area contributed by atoms with E-state index in [0.717, 1.165) is 10.0 Å². The first kappa shape index (κ1) is 16.4. The van der Waals surface area contributed by atoms with Crippen molar-refractivity contribution in [2.24, 2.45) is 0 Å². The van der Waals surface area contributed by atoms with E-state index in [4.69, 9.17) is 32.7 Å². The SMILES string of the molecule is COc1cc(CCl)cc(Cl)c1OCc1cc(Br)ccc1F. The van der Waals surface area contributed by atoms with Crippen LogP contribution in [0.3, 0.4) is 0 Å². The van der Waals surface area contributed by atoms with Crippen molar-refractivity contribution in [3.8, 4) is 11.5 Å². The molecular weight excluding hydrogens is 382 g/mol. The van der Waals surface area contributed by atoms with E-state index in [1.165, 1.54) is 13.2 Å². The third-order valence-electron chi connectivity index (χ3n) is 2.82. The molecule has 0 saturated carbocycles. The summed E-state index contributed by atoms with van der Waals surface area (Å²) in [6, 6.07) is 8.10. The lowest BCUT2D eigenvalue weighted by Gasteiger charge is -2.14. The molecule has 0 radical (unpaired) electrons. The van der Waals surface area contributed by atoms with E-state index in [-0.39, 0.29) is 12.4 Å². The summed E-state index contributed by atoms with van der Waals surface area (Å²) in [6.07, 6.45) is 0. The molecule has 0 amide bonds. The highest BCUT2D eigenvalue weighted by Crippen LogP contribution is 2.37. The highest BCUT2D eigenvalue weighted by molar-refractivity contribution is 9.10. The van der Waals surface area contributed by atoms with Gasteiger partial charge in [0.25, 0.3) is 0 Å². The normalized spacial score (nSPS) is 10.5. The third kappa shape index (κ3) is 4.02. The van der Waals surface area contributed by atoms with Crippen molar-refractivity contribution in [2.75, 3.05) is 7.11 Å². The van der Waals surface area contributed by atoms with Gasteiger partial charge in [0, 0.05) is 15.9 Å². The molecule has 0 saturated heterocycles. The van der Waals surface area contributed by atoms with Crippen LogP contribution in [-0.4, -0.2) is 7.11 Å². The summed E-state index contributed by atoms with van der Waals surface area (Å²) in [5.41, 5.74) is 1.24. The van der Waals surface area contributed by atoms with E-state index in [1.54, 1.807) is 24.3 Å². The number of rotatable bonds is 5. The zero-order valence-corrected chi connectivity index (χ0v) is 14.2. The van der Waals surface area contributed by atoms with Gasteiger partial charge in [0.1, 0.15) is 12.4 Å². The summed E-state index contributed by atoms with van der Waals surface area (Å²) >= 11 is 15.2. The highest BCUT2D eigenvalue weighted by Gasteiger charge is 2.13. The first-order valence-corrected chi connectivity index (χ1v) is 7.74. The maximum Gasteiger partial charge on any atom is 0.180 e. The number of ether oxygens (including phenoxy) is 2. The monoisotopic (exact) mass is 392 g/mol. The van der Waals surface area contributed by atoms with Gasteiger partial charge < -0.3 is 9.47 Å². The smallest absolute Gasteiger partial charge is 0.180 e. The minimum Gasteiger partial charge on any atom is -0.493 e. The molecule has 0 bridgehead atoms. The molecule has 6 heteroatoms. The van der Waals surface area contributed by atoms with Crippen LogP contribution in [0.4, 0.5) is 4.39 Å². The minimum atomic E-state index is -0.342. The Kier molecular flexibility index (Phi) is 5.73. The van der Waals surface area contributed by atoms with Gasteiger partial charge in [-0.15, -0.1) is 11.6 Å². The van der Waals surface area contributed by atoms with Gasteiger partial charge in [-0.25, -0.2) is 4.39 Å². The van der Waals surface area contributed by atoms with Gasteiger partial charge in [-0.1, -0.05) is 27.5 Å². The quantitative estimate of drug-likeness (QED) is 0.618. The van der Waals surface area contributed by atoms with E-state index in [9.17, 15) is 4.39 Å². The minimum absolute atomic E-state index is 0.0432. The lowest BCUT2D eigenvalue weighted by Crippen LogP contribution is -2.01. The van der Waals surface area contributed by atoms with Crippen LogP contribution in [-0.2, 0) is 12.5 Å². The second-order valence-electron chi connectivity index (χ2n) is 4.27. The number of alkyl halides is 1. The molecule has 0 spiro atoms. The fraction of sp³-hybridized carbons (Fsp3) is 0.200. The average molecular weight is 394 g/mol. The number of hydrogen-bond acceptors (Lipinski definition) is 2. The van der Waals surface area contributed by atoms with E-state index in [0.29, 0.717) is 28.0 Å². The second kappa shape index (κ2) is 7.34. The Bertz CT molecular complexity index is 650. The maximum absolute atomic E-state index is 13.7. The summed E-state index contributed by atoms with van der Waals surface area (Å²) in [7, 11) is 1.51. The molecule has 0 atom stereocenters. The van der Waals surface area contributed by atoms with Crippen molar-refractivity contribution in [3.05, 3.63) is 56.8 Å². The van der Waals surface area contributed by atoms with Crippen molar-refractivity contribution in [2.45, 2.75) is 12.5 Å². The van der Waals surface area contributed by atoms with Gasteiger partial charge in [-0.2, -0.15) is 0 Å². The molecule has 2 aromatic rings. The molecule has 0 aliphatic heterocycles. The predicted octanol–water partition coefficient (Wildman–Crippen LogP) is 5.57. The molecule has 0 N–H and O–H groups in total. The summed E-state index contributed by atoms with van der Waals surface area (Å²) in [4.78, 5) is 0. The number of methoxy groups -OCH3 is 1. The lowest BCUT2D eigenvalue weighted by molar-refractivity contribution is 0.279. The number of hydrogen-bond donors (Lipinski definition) is 0. The third-order valence-corrected chi connectivity index (χ3v) is 3.91. The van der Waals surface area contributed by atoms with Crippen molar-refractivity contribution in [1.29, 1.82) is 0 Å². The number of halogens is 4. The van der Waals surface area contributed by atoms with E-state index in [1.807, 2.05) is 0 Å². The van der Waals surface area contributed by atoms with Crippen molar-refractivity contribution in [3.63, 3.8) is 0 Å². The Hall–Kier alpha value is -0.970. The van der Waals surface area contributed by atoms with Crippen molar-refractivity contribution < 1.29 is 13.9 Å². The van der Waals surface area contributed by atoms with Crippen LogP contribution in [0, 0.1) is 5.82 Å². The Morgan fingerprint density at radius 1 is 1.24 bits per heavy atom. The summed E-state index contributed by atoms with van der Waals surface area (Å²) in [6.45, 7) is 0.0432. The summed E-state index contributed by atoms with van der Waals surface area (Å²) in [5, 5.41) is 0.375. The standard InChI is InChI=1S/C15H12BrCl2FO2/c1-20-14-5-9(7-17)4-12(18)15(14)21-8-10-6-11(16)2-3-13(10)19/h2-6H,7-8H2,1H3. The van der Waals surface area contributed by atoms with Gasteiger partial charge in [-0.05, 0) is 35.9 Å². The van der Waals surface area contributed by atoms with Crippen LogP contribution in [0.25, 0.3) is 0 Å². The van der Waals surface area contributed by atoms with E-state index in [2.05, 4.69) is 15.9 Å². The van der Waals surface area contributed by atoms with Gasteiger partial charge >= 0.3 is 0 Å². The molecule has 0 fully saturated rings. The molecule has 112 valence electrons. The Morgan fingerprint density at radius 2 is 2.00 bits per heavy atom. The zero-order chi connectivity index (χ0) is 15.4. The van der Waals surface area contributed by atoms with Gasteiger partial charge in [0.2, 0.25) is 0 Å². The maximum atomic E-state index is 13.7. The largest absolute Gasteiger partial charge is 0.493 e. The fourth-order valence-electron chi connectivity index (χ4n) is 1.79. The zero-order valence-electron chi connectivity index (χ0n) is 11.1. The van der Waals surface area contributed by atoms with Crippen LogP contribution in [0.2, 0.25) is 5.02 Å². The molecule has 2 aromatic carbocycles. The lowest BCUT2D eigenvalue weighted by atomic mass is 10.2. The van der Waals surface area contributed by atoms with Crippen LogP contribution in [0.5, 0.6) is 11.5 Å². The summed E-state index contributed by atoms with van der Waals surface area (Å²) < 4.78 is 25.3. The molecule has 0 aliphatic rings. The Balaban J connectivity index is 2.25. The summed E-state index contributed by atoms with van der Waals surface area (Å²) in [5.74, 6) is 0.808. The molecule has 0 unspecified atom stereocenters. The molecule has 0 aliphatic carbocycles. The first-order valence-electron chi connectivity index (χ1n) is 6.04. The van der Waals surface area contributed by atoms with Crippen LogP contribution >= 0.6 is 39.1 Å². The average Bonchev–Trinajstić information content (AvgIpc) is 2.48. The van der Waals surface area contributed by atoms with Crippen LogP contribution in [0.15, 0.2) is 34.8 Å². The van der Waals surface area contributed by atoms with Crippen molar-refractivity contribution in [1.82, 2.24) is 0 Å². The molecule has 0 aromatic heterocycles. The van der Waals surface area contributed by atoms with Gasteiger partial charge in [0.05, 0.1) is 12.1 Å². The second-order valence-corrected chi connectivity index (χ2v) is 5.86. The molecular formula is C15H12BrCl2FO2. The molecule has 21 heavy (non-hydrogen) atoms. The highest BCUT2D eigenvalue weighted by atomic mass is 79.9. The topological polar surface area (TPSA) is 18.5 Å². The predicted molar refractivity (Wildman–Crippen MR) is 86.0 cm³/mol. The van der Waals surface area contributed by atoms with Gasteiger partial charge in [0.15, 0.2) is 11.5 Å². The first-order chi connectivity index (χ1) is 10.0.